The Morgan fingerprint density at radius 3 is 2.61 bits per heavy atom. The molecule has 1 aromatic heterocycles. The number of nitrogens with one attached hydrogen (secondary N) is 1. The number of nitrogens with zero attached hydrogens (tertiary/aromatic N) is 1. The van der Waals surface area contributed by atoms with Crippen molar-refractivity contribution in [2.45, 2.75) is 46.3 Å². The largest absolute Gasteiger partial charge is 0.462 e. The van der Waals surface area contributed by atoms with E-state index in [1.807, 2.05) is 10.6 Å². The number of carbonyl (C=O) groups is 2. The van der Waals surface area contributed by atoms with Gasteiger partial charge >= 0.3 is 12.1 Å². The number of ether oxygens (including phenoxy) is 2. The van der Waals surface area contributed by atoms with Gasteiger partial charge in [-0.3, -0.25) is 4.79 Å². The fourth-order valence-electron chi connectivity index (χ4n) is 2.66. The number of aromatic nitrogens is 1. The molecule has 0 spiro atoms. The second-order valence-corrected chi connectivity index (χ2v) is 8.15. The van der Waals surface area contributed by atoms with Crippen molar-refractivity contribution in [3.63, 3.8) is 0 Å². The number of alkyl carbamates (subject to hydrolysis) is 1. The molecule has 0 saturated heterocycles. The van der Waals surface area contributed by atoms with Gasteiger partial charge in [-0.25, -0.2) is 9.59 Å². The molecule has 1 N–H and O–H groups in total. The third-order valence-corrected chi connectivity index (χ3v) is 4.28. The van der Waals surface area contributed by atoms with Crippen LogP contribution in [0.15, 0.2) is 33.7 Å². The number of carbonyl (C=O) groups excluding carboxylic acids is 2. The molecule has 0 aliphatic rings. The fourth-order valence-corrected chi connectivity index (χ4v) is 3.01. The lowest BCUT2D eigenvalue weighted by molar-refractivity contribution is 0.0516. The van der Waals surface area contributed by atoms with Gasteiger partial charge in [0, 0.05) is 29.1 Å². The van der Waals surface area contributed by atoms with Gasteiger partial charge in [0.15, 0.2) is 0 Å². The molecule has 0 aliphatic carbocycles. The Kier molecular flexibility index (Phi) is 7.23. The normalized spacial score (nSPS) is 11.3. The van der Waals surface area contributed by atoms with Crippen LogP contribution in [0.2, 0.25) is 0 Å². The number of benzene rings is 1. The summed E-state index contributed by atoms with van der Waals surface area (Å²) in [5, 5.41) is 3.14. The number of amides is 1. The highest BCUT2D eigenvalue weighted by atomic mass is 79.9. The predicted molar refractivity (Wildman–Crippen MR) is 111 cm³/mol. The van der Waals surface area contributed by atoms with Gasteiger partial charge in [0.05, 0.1) is 12.1 Å². The lowest BCUT2D eigenvalue weighted by Crippen LogP contribution is -2.33. The molecular formula is C20H25BrN2O5. The van der Waals surface area contributed by atoms with Crippen molar-refractivity contribution >= 4 is 38.9 Å². The third-order valence-electron chi connectivity index (χ3n) is 3.78. The van der Waals surface area contributed by atoms with Crippen molar-refractivity contribution in [3.05, 3.63) is 44.7 Å². The molecule has 1 amide bonds. The molecule has 0 saturated carbocycles. The summed E-state index contributed by atoms with van der Waals surface area (Å²) in [5.41, 5.74) is -0.217. The molecule has 7 nitrogen and oxygen atoms in total. The molecule has 28 heavy (non-hydrogen) atoms. The van der Waals surface area contributed by atoms with Gasteiger partial charge < -0.3 is 19.4 Å². The minimum absolute atomic E-state index is 0.00299. The van der Waals surface area contributed by atoms with Crippen molar-refractivity contribution in [3.8, 4) is 0 Å². The monoisotopic (exact) mass is 452 g/mol. The zero-order valence-corrected chi connectivity index (χ0v) is 18.1. The number of hydrogen-bond donors (Lipinski definition) is 1. The minimum Gasteiger partial charge on any atom is -0.462 e. The maximum Gasteiger partial charge on any atom is 0.407 e. The number of aryl methyl sites for hydroxylation is 1. The zero-order valence-electron chi connectivity index (χ0n) is 16.5. The summed E-state index contributed by atoms with van der Waals surface area (Å²) in [6, 6.07) is 5.26. The topological polar surface area (TPSA) is 86.6 Å². The van der Waals surface area contributed by atoms with Gasteiger partial charge in [-0.2, -0.15) is 0 Å². The van der Waals surface area contributed by atoms with E-state index in [1.54, 1.807) is 39.8 Å². The minimum atomic E-state index is -0.641. The Morgan fingerprint density at radius 2 is 1.96 bits per heavy atom. The van der Waals surface area contributed by atoms with E-state index in [0.717, 1.165) is 4.47 Å². The van der Waals surface area contributed by atoms with Crippen LogP contribution < -0.4 is 10.7 Å². The average Bonchev–Trinajstić information content (AvgIpc) is 2.58. The van der Waals surface area contributed by atoms with Crippen LogP contribution >= 0.6 is 15.9 Å². The van der Waals surface area contributed by atoms with Crippen LogP contribution in [0.1, 0.15) is 44.5 Å². The van der Waals surface area contributed by atoms with Gasteiger partial charge in [-0.1, -0.05) is 15.9 Å². The van der Waals surface area contributed by atoms with E-state index >= 15 is 0 Å². The predicted octanol–water partition coefficient (Wildman–Crippen LogP) is 3.86. The summed E-state index contributed by atoms with van der Waals surface area (Å²) in [6.07, 6.45) is 1.63. The van der Waals surface area contributed by atoms with Crippen LogP contribution in [0, 0.1) is 0 Å². The summed E-state index contributed by atoms with van der Waals surface area (Å²) in [6.45, 7) is 8.17. The van der Waals surface area contributed by atoms with E-state index in [4.69, 9.17) is 9.47 Å². The van der Waals surface area contributed by atoms with Crippen LogP contribution in [0.25, 0.3) is 10.9 Å². The van der Waals surface area contributed by atoms with E-state index in [1.165, 1.54) is 6.20 Å². The lowest BCUT2D eigenvalue weighted by atomic mass is 10.1. The third kappa shape index (κ3) is 5.82. The molecule has 2 rings (SSSR count). The first kappa shape index (κ1) is 21.9. The van der Waals surface area contributed by atoms with E-state index in [2.05, 4.69) is 21.2 Å². The molecule has 0 fully saturated rings. The standard InChI is InChI=1S/C20H25BrN2O5/c1-5-27-18(25)15-12-23(10-6-9-22-19(26)28-20(2,3)4)16-11-13(21)7-8-14(16)17(15)24/h7-8,11-12H,5-6,9-10H2,1-4H3,(H,22,26). The summed E-state index contributed by atoms with van der Waals surface area (Å²) in [7, 11) is 0. The highest BCUT2D eigenvalue weighted by molar-refractivity contribution is 9.10. The van der Waals surface area contributed by atoms with Gasteiger partial charge in [-0.05, 0) is 52.3 Å². The molecule has 2 aromatic rings. The number of esters is 1. The molecule has 0 radical (unpaired) electrons. The number of halogens is 1. The smallest absolute Gasteiger partial charge is 0.407 e. The molecular weight excluding hydrogens is 428 g/mol. The van der Waals surface area contributed by atoms with Crippen molar-refractivity contribution < 1.29 is 19.1 Å². The lowest BCUT2D eigenvalue weighted by Gasteiger charge is -2.19. The maximum absolute atomic E-state index is 12.7. The molecule has 0 unspecified atom stereocenters. The summed E-state index contributed by atoms with van der Waals surface area (Å²) in [4.78, 5) is 36.6. The van der Waals surface area contributed by atoms with E-state index in [9.17, 15) is 14.4 Å². The Hall–Kier alpha value is -2.35. The Labute approximate surface area is 172 Å². The SMILES string of the molecule is CCOC(=O)c1cn(CCCNC(=O)OC(C)(C)C)c2cc(Br)ccc2c1=O. The molecule has 1 heterocycles. The highest BCUT2D eigenvalue weighted by Crippen LogP contribution is 2.19. The first-order chi connectivity index (χ1) is 13.1. The van der Waals surface area contributed by atoms with E-state index in [0.29, 0.717) is 30.4 Å². The Balaban J connectivity index is 2.21. The fraction of sp³-hybridized carbons (Fsp3) is 0.450. The Bertz CT molecular complexity index is 931. The van der Waals surface area contributed by atoms with Crippen LogP contribution in [0.3, 0.4) is 0 Å². The molecule has 0 bridgehead atoms. The number of rotatable bonds is 6. The first-order valence-electron chi connectivity index (χ1n) is 9.09. The first-order valence-corrected chi connectivity index (χ1v) is 9.88. The molecule has 152 valence electrons. The van der Waals surface area contributed by atoms with Crippen LogP contribution in [0.4, 0.5) is 4.79 Å². The maximum atomic E-state index is 12.7. The van der Waals surface area contributed by atoms with Crippen molar-refractivity contribution in [1.82, 2.24) is 9.88 Å². The molecule has 8 heteroatoms. The van der Waals surface area contributed by atoms with E-state index < -0.39 is 17.7 Å². The van der Waals surface area contributed by atoms with Crippen LogP contribution in [0.5, 0.6) is 0 Å². The molecule has 1 aromatic carbocycles. The van der Waals surface area contributed by atoms with E-state index in [-0.39, 0.29) is 17.6 Å². The van der Waals surface area contributed by atoms with Crippen molar-refractivity contribution in [1.29, 1.82) is 0 Å². The van der Waals surface area contributed by atoms with Gasteiger partial charge in [-0.15, -0.1) is 0 Å². The summed E-state index contributed by atoms with van der Waals surface area (Å²) in [5.74, 6) is -0.641. The van der Waals surface area contributed by atoms with Gasteiger partial charge in [0.2, 0.25) is 5.43 Å². The van der Waals surface area contributed by atoms with Gasteiger partial charge in [0.25, 0.3) is 0 Å². The summed E-state index contributed by atoms with van der Waals surface area (Å²) >= 11 is 3.41. The van der Waals surface area contributed by atoms with Crippen LogP contribution in [-0.4, -0.2) is 35.4 Å². The summed E-state index contributed by atoms with van der Waals surface area (Å²) < 4.78 is 12.9. The van der Waals surface area contributed by atoms with Crippen molar-refractivity contribution in [2.24, 2.45) is 0 Å². The second kappa shape index (κ2) is 9.23. The number of pyridine rings is 1. The Morgan fingerprint density at radius 1 is 1.25 bits per heavy atom. The quantitative estimate of drug-likeness (QED) is 0.531. The second-order valence-electron chi connectivity index (χ2n) is 7.23. The average molecular weight is 453 g/mol. The highest BCUT2D eigenvalue weighted by Gasteiger charge is 2.17. The number of hydrogen-bond acceptors (Lipinski definition) is 5. The molecule has 0 atom stereocenters. The number of fused-ring (bicyclic) bond motifs is 1. The van der Waals surface area contributed by atoms with Crippen LogP contribution in [-0.2, 0) is 16.0 Å². The zero-order chi connectivity index (χ0) is 20.9. The van der Waals surface area contributed by atoms with Crippen molar-refractivity contribution in [2.75, 3.05) is 13.2 Å². The molecule has 0 aliphatic heterocycles. The van der Waals surface area contributed by atoms with Gasteiger partial charge in [0.1, 0.15) is 11.2 Å².